The number of amides is 1. The molecule has 1 aliphatic carbocycles. The van der Waals surface area contributed by atoms with Gasteiger partial charge in [-0.2, -0.15) is 5.10 Å². The first kappa shape index (κ1) is 17.5. The molecule has 2 heterocycles. The Bertz CT molecular complexity index is 986. The van der Waals surface area contributed by atoms with E-state index in [4.69, 9.17) is 4.98 Å². The molecule has 0 saturated heterocycles. The number of nitrogens with zero attached hydrogens (tertiary/aromatic N) is 4. The number of hydrogen-bond acceptors (Lipinski definition) is 3. The second kappa shape index (κ2) is 6.99. The molecular weight excluding hydrogens is 336 g/mol. The lowest BCUT2D eigenvalue weighted by Crippen LogP contribution is -2.31. The number of fused-ring (bicyclic) bond motifs is 1. The average molecular weight is 360 g/mol. The maximum Gasteiger partial charge on any atom is 0.259 e. The van der Waals surface area contributed by atoms with Gasteiger partial charge in [0.15, 0.2) is 5.65 Å². The van der Waals surface area contributed by atoms with E-state index in [2.05, 4.69) is 25.5 Å². The Morgan fingerprint density at radius 2 is 2.07 bits per heavy atom. The highest BCUT2D eigenvalue weighted by molar-refractivity contribution is 6.13. The Morgan fingerprint density at radius 3 is 2.70 bits per heavy atom. The minimum atomic E-state index is -0.0429. The predicted molar refractivity (Wildman–Crippen MR) is 108 cm³/mol. The van der Waals surface area contributed by atoms with Crippen LogP contribution in [0.4, 0.5) is 5.69 Å². The van der Waals surface area contributed by atoms with Gasteiger partial charge < -0.3 is 4.90 Å². The molecule has 0 spiro atoms. The highest BCUT2D eigenvalue weighted by atomic mass is 16.2. The molecule has 0 bridgehead atoms. The molecule has 0 radical (unpaired) electrons. The Labute approximate surface area is 159 Å². The molecule has 1 amide bonds. The van der Waals surface area contributed by atoms with Crippen molar-refractivity contribution in [3.8, 4) is 0 Å². The van der Waals surface area contributed by atoms with Crippen LogP contribution in [0.2, 0.25) is 0 Å². The zero-order valence-electron chi connectivity index (χ0n) is 15.8. The summed E-state index contributed by atoms with van der Waals surface area (Å²) in [7, 11) is 0. The second-order valence-corrected chi connectivity index (χ2v) is 7.33. The van der Waals surface area contributed by atoms with Crippen LogP contribution in [0, 0.1) is 0 Å². The molecule has 27 heavy (non-hydrogen) atoms. The largest absolute Gasteiger partial charge is 0.305 e. The number of benzene rings is 1. The summed E-state index contributed by atoms with van der Waals surface area (Å²) in [6.07, 6.45) is 5.79. The molecule has 5 heteroatoms. The Morgan fingerprint density at radius 1 is 1.33 bits per heavy atom. The van der Waals surface area contributed by atoms with E-state index in [0.717, 1.165) is 35.3 Å². The van der Waals surface area contributed by atoms with E-state index in [1.165, 1.54) is 0 Å². The zero-order chi connectivity index (χ0) is 19.0. The Balaban J connectivity index is 1.86. The van der Waals surface area contributed by atoms with Crippen molar-refractivity contribution >= 4 is 22.6 Å². The van der Waals surface area contributed by atoms with Gasteiger partial charge in [0.2, 0.25) is 0 Å². The number of pyridine rings is 1. The first-order valence-corrected chi connectivity index (χ1v) is 9.46. The third-order valence-corrected chi connectivity index (χ3v) is 4.93. The van der Waals surface area contributed by atoms with Gasteiger partial charge in [-0.25, -0.2) is 9.67 Å². The summed E-state index contributed by atoms with van der Waals surface area (Å²) in [6, 6.07) is 11.9. The van der Waals surface area contributed by atoms with Gasteiger partial charge >= 0.3 is 0 Å². The van der Waals surface area contributed by atoms with Gasteiger partial charge in [-0.3, -0.25) is 4.79 Å². The standard InChI is InChI=1S/C22H24N4O/c1-4-12-25(17-8-6-5-7-9-17)22(27)18-13-20(16-10-11-16)24-21-19(18)14-23-26(21)15(2)3/h4-9,13-16H,1,10-12H2,2-3H3. The summed E-state index contributed by atoms with van der Waals surface area (Å²) in [5.74, 6) is 0.416. The molecule has 0 N–H and O–H groups in total. The Hall–Kier alpha value is -2.95. The van der Waals surface area contributed by atoms with Crippen LogP contribution in [0.3, 0.4) is 0 Å². The zero-order valence-corrected chi connectivity index (χ0v) is 15.8. The van der Waals surface area contributed by atoms with E-state index >= 15 is 0 Å². The van der Waals surface area contributed by atoms with Gasteiger partial charge in [0.25, 0.3) is 5.91 Å². The van der Waals surface area contributed by atoms with Crippen molar-refractivity contribution in [1.82, 2.24) is 14.8 Å². The summed E-state index contributed by atoms with van der Waals surface area (Å²) in [6.45, 7) is 8.43. The van der Waals surface area contributed by atoms with Gasteiger partial charge in [0, 0.05) is 29.9 Å². The van der Waals surface area contributed by atoms with Gasteiger partial charge in [-0.05, 0) is 44.9 Å². The normalized spacial score (nSPS) is 13.9. The fourth-order valence-corrected chi connectivity index (χ4v) is 3.37. The van der Waals surface area contributed by atoms with Crippen molar-refractivity contribution in [3.05, 3.63) is 66.5 Å². The molecule has 138 valence electrons. The fraction of sp³-hybridized carbons (Fsp3) is 0.318. The average Bonchev–Trinajstić information content (AvgIpc) is 3.44. The molecule has 0 atom stereocenters. The van der Waals surface area contributed by atoms with Crippen molar-refractivity contribution in [2.45, 2.75) is 38.6 Å². The number of hydrogen-bond donors (Lipinski definition) is 0. The fourth-order valence-electron chi connectivity index (χ4n) is 3.37. The lowest BCUT2D eigenvalue weighted by atomic mass is 10.1. The Kier molecular flexibility index (Phi) is 4.52. The van der Waals surface area contributed by atoms with Crippen LogP contribution in [0.1, 0.15) is 54.7 Å². The van der Waals surface area contributed by atoms with E-state index in [1.807, 2.05) is 41.1 Å². The third-order valence-electron chi connectivity index (χ3n) is 4.93. The topological polar surface area (TPSA) is 51.0 Å². The van der Waals surface area contributed by atoms with Gasteiger partial charge in [0.1, 0.15) is 0 Å². The van der Waals surface area contributed by atoms with E-state index in [1.54, 1.807) is 17.2 Å². The molecule has 2 aromatic heterocycles. The number of aromatic nitrogens is 3. The SMILES string of the molecule is C=CCN(C(=O)c1cc(C2CC2)nc2c1cnn2C(C)C)c1ccccc1. The summed E-state index contributed by atoms with van der Waals surface area (Å²) in [5, 5.41) is 5.31. The van der Waals surface area contributed by atoms with Gasteiger partial charge in [-0.15, -0.1) is 6.58 Å². The van der Waals surface area contributed by atoms with Crippen LogP contribution < -0.4 is 4.90 Å². The first-order chi connectivity index (χ1) is 13.1. The van der Waals surface area contributed by atoms with Crippen molar-refractivity contribution in [2.24, 2.45) is 0 Å². The number of carbonyl (C=O) groups is 1. The number of carbonyl (C=O) groups excluding carboxylic acids is 1. The molecular formula is C22H24N4O. The molecule has 0 aliphatic heterocycles. The summed E-state index contributed by atoms with van der Waals surface area (Å²) in [5.41, 5.74) is 3.32. The van der Waals surface area contributed by atoms with E-state index in [-0.39, 0.29) is 11.9 Å². The first-order valence-electron chi connectivity index (χ1n) is 9.46. The molecule has 3 aromatic rings. The molecule has 5 nitrogen and oxygen atoms in total. The second-order valence-electron chi connectivity index (χ2n) is 7.33. The molecule has 1 saturated carbocycles. The van der Waals surface area contributed by atoms with Gasteiger partial charge in [0.05, 0.1) is 17.1 Å². The van der Waals surface area contributed by atoms with Crippen molar-refractivity contribution in [1.29, 1.82) is 0 Å². The monoisotopic (exact) mass is 360 g/mol. The minimum Gasteiger partial charge on any atom is -0.305 e. The van der Waals surface area contributed by atoms with Crippen LogP contribution in [0.25, 0.3) is 11.0 Å². The molecule has 1 fully saturated rings. The van der Waals surface area contributed by atoms with Crippen LogP contribution in [-0.4, -0.2) is 27.2 Å². The quantitative estimate of drug-likeness (QED) is 0.598. The van der Waals surface area contributed by atoms with Crippen LogP contribution in [-0.2, 0) is 0 Å². The van der Waals surface area contributed by atoms with Crippen molar-refractivity contribution in [2.75, 3.05) is 11.4 Å². The lowest BCUT2D eigenvalue weighted by molar-refractivity contribution is 0.0991. The van der Waals surface area contributed by atoms with E-state index < -0.39 is 0 Å². The van der Waals surface area contributed by atoms with E-state index in [0.29, 0.717) is 18.0 Å². The van der Waals surface area contributed by atoms with Crippen LogP contribution in [0.5, 0.6) is 0 Å². The number of rotatable bonds is 6. The summed E-state index contributed by atoms with van der Waals surface area (Å²) >= 11 is 0. The lowest BCUT2D eigenvalue weighted by Gasteiger charge is -2.22. The smallest absolute Gasteiger partial charge is 0.259 e. The maximum atomic E-state index is 13.5. The highest BCUT2D eigenvalue weighted by Crippen LogP contribution is 2.40. The van der Waals surface area contributed by atoms with E-state index in [9.17, 15) is 4.79 Å². The molecule has 4 rings (SSSR count). The minimum absolute atomic E-state index is 0.0429. The summed E-state index contributed by atoms with van der Waals surface area (Å²) < 4.78 is 1.90. The van der Waals surface area contributed by atoms with Crippen LogP contribution >= 0.6 is 0 Å². The molecule has 1 aliphatic rings. The third kappa shape index (κ3) is 3.25. The van der Waals surface area contributed by atoms with Crippen molar-refractivity contribution in [3.63, 3.8) is 0 Å². The van der Waals surface area contributed by atoms with Crippen molar-refractivity contribution < 1.29 is 4.79 Å². The highest BCUT2D eigenvalue weighted by Gasteiger charge is 2.29. The summed E-state index contributed by atoms with van der Waals surface area (Å²) in [4.78, 5) is 20.1. The number of anilines is 1. The molecule has 1 aromatic carbocycles. The predicted octanol–water partition coefficient (Wildman–Crippen LogP) is 4.72. The molecule has 0 unspecified atom stereocenters. The number of para-hydroxylation sites is 1. The maximum absolute atomic E-state index is 13.5. The van der Waals surface area contributed by atoms with Gasteiger partial charge in [-0.1, -0.05) is 24.3 Å². The van der Waals surface area contributed by atoms with Crippen LogP contribution in [0.15, 0.2) is 55.3 Å².